The number of pyridine rings is 1. The second-order valence-corrected chi connectivity index (χ2v) is 3.65. The zero-order chi connectivity index (χ0) is 13.1. The summed E-state index contributed by atoms with van der Waals surface area (Å²) in [7, 11) is 0. The fraction of sp³-hybridized carbons (Fsp3) is 0. The van der Waals surface area contributed by atoms with Crippen molar-refractivity contribution < 1.29 is 14.2 Å². The highest BCUT2D eigenvalue weighted by molar-refractivity contribution is 5.96. The predicted octanol–water partition coefficient (Wildman–Crippen LogP) is 2.23. The van der Waals surface area contributed by atoms with Crippen LogP contribution in [0.1, 0.15) is 0 Å². The molecule has 0 bridgehead atoms. The van der Waals surface area contributed by atoms with Gasteiger partial charge in [-0.15, -0.1) is 0 Å². The van der Waals surface area contributed by atoms with Gasteiger partial charge in [0.1, 0.15) is 5.75 Å². The maximum atomic E-state index is 11.7. The Bertz CT molecular complexity index is 711. The third kappa shape index (κ3) is 2.34. The van der Waals surface area contributed by atoms with Crippen LogP contribution in [0.4, 0.5) is 10.5 Å². The van der Waals surface area contributed by atoms with Crippen LogP contribution < -0.4 is 10.1 Å². The molecule has 3 aromatic rings. The lowest BCUT2D eigenvalue weighted by atomic mass is 10.3. The molecule has 2 aromatic heterocycles. The number of carbonyl (C=O) groups excluding carboxylic acids is 1. The summed E-state index contributed by atoms with van der Waals surface area (Å²) in [6.07, 6.45) is 2.29. The van der Waals surface area contributed by atoms with Gasteiger partial charge in [0.05, 0.1) is 18.1 Å². The molecule has 1 amide bonds. The molecule has 0 atom stereocenters. The third-order valence-electron chi connectivity index (χ3n) is 2.36. The SMILES string of the molecule is O=C(Nc1cncc2nonc12)Oc1ccccc1. The van der Waals surface area contributed by atoms with Crippen LogP contribution in [0.2, 0.25) is 0 Å². The molecule has 0 radical (unpaired) electrons. The number of nitrogens with one attached hydrogen (secondary N) is 1. The summed E-state index contributed by atoms with van der Waals surface area (Å²) in [5, 5.41) is 9.85. The van der Waals surface area contributed by atoms with Gasteiger partial charge in [-0.05, 0) is 22.4 Å². The Morgan fingerprint density at radius 3 is 2.84 bits per heavy atom. The highest BCUT2D eigenvalue weighted by Gasteiger charge is 2.11. The molecule has 0 aliphatic rings. The summed E-state index contributed by atoms with van der Waals surface area (Å²) in [6, 6.07) is 8.72. The quantitative estimate of drug-likeness (QED) is 0.756. The second-order valence-electron chi connectivity index (χ2n) is 3.65. The number of rotatable bonds is 2. The minimum atomic E-state index is -0.636. The number of benzene rings is 1. The number of hydrogen-bond donors (Lipinski definition) is 1. The van der Waals surface area contributed by atoms with Gasteiger partial charge in [0.2, 0.25) is 0 Å². The molecule has 3 rings (SSSR count). The molecular formula is C12H8N4O3. The number of nitrogens with zero attached hydrogens (tertiary/aromatic N) is 3. The molecule has 0 aliphatic heterocycles. The standard InChI is InChI=1S/C12H8N4O3/c17-12(18-8-4-2-1-3-5-8)14-9-6-13-7-10-11(9)16-19-15-10/h1-7H,(H,14,17). The van der Waals surface area contributed by atoms with Gasteiger partial charge in [-0.1, -0.05) is 18.2 Å². The first kappa shape index (κ1) is 11.1. The van der Waals surface area contributed by atoms with Crippen molar-refractivity contribution in [1.29, 1.82) is 0 Å². The Morgan fingerprint density at radius 1 is 1.16 bits per heavy atom. The smallest absolute Gasteiger partial charge is 0.410 e. The number of fused-ring (bicyclic) bond motifs is 1. The van der Waals surface area contributed by atoms with E-state index in [9.17, 15) is 4.79 Å². The van der Waals surface area contributed by atoms with E-state index >= 15 is 0 Å². The molecule has 94 valence electrons. The van der Waals surface area contributed by atoms with Crippen LogP contribution in [-0.2, 0) is 0 Å². The van der Waals surface area contributed by atoms with Crippen LogP contribution in [0.15, 0.2) is 47.4 Å². The lowest BCUT2D eigenvalue weighted by Crippen LogP contribution is -2.17. The first-order chi connectivity index (χ1) is 9.33. The second kappa shape index (κ2) is 4.73. The van der Waals surface area contributed by atoms with Crippen LogP contribution in [0, 0.1) is 0 Å². The van der Waals surface area contributed by atoms with Crippen molar-refractivity contribution in [3.8, 4) is 5.75 Å². The normalized spacial score (nSPS) is 10.3. The van der Waals surface area contributed by atoms with Crippen molar-refractivity contribution in [3.63, 3.8) is 0 Å². The lowest BCUT2D eigenvalue weighted by Gasteiger charge is -2.05. The number of anilines is 1. The predicted molar refractivity (Wildman–Crippen MR) is 65.7 cm³/mol. The van der Waals surface area contributed by atoms with Gasteiger partial charge in [-0.3, -0.25) is 10.3 Å². The molecule has 0 saturated heterocycles. The largest absolute Gasteiger partial charge is 0.417 e. The topological polar surface area (TPSA) is 90.1 Å². The summed E-state index contributed by atoms with van der Waals surface area (Å²) in [5.41, 5.74) is 1.25. The van der Waals surface area contributed by atoms with Crippen molar-refractivity contribution in [2.45, 2.75) is 0 Å². The first-order valence-corrected chi connectivity index (χ1v) is 5.43. The Balaban J connectivity index is 1.78. The van der Waals surface area contributed by atoms with E-state index in [0.717, 1.165) is 0 Å². The molecule has 2 heterocycles. The van der Waals surface area contributed by atoms with E-state index in [0.29, 0.717) is 22.5 Å². The Labute approximate surface area is 107 Å². The third-order valence-corrected chi connectivity index (χ3v) is 2.36. The van der Waals surface area contributed by atoms with Crippen LogP contribution in [0.3, 0.4) is 0 Å². The molecule has 1 aromatic carbocycles. The summed E-state index contributed by atoms with van der Waals surface area (Å²) in [6.45, 7) is 0. The first-order valence-electron chi connectivity index (χ1n) is 5.43. The van der Waals surface area contributed by atoms with Gasteiger partial charge >= 0.3 is 6.09 Å². The van der Waals surface area contributed by atoms with Gasteiger partial charge in [0.25, 0.3) is 0 Å². The minimum Gasteiger partial charge on any atom is -0.410 e. The van der Waals surface area contributed by atoms with E-state index in [1.54, 1.807) is 24.3 Å². The number of aromatic nitrogens is 3. The zero-order valence-corrected chi connectivity index (χ0v) is 9.61. The van der Waals surface area contributed by atoms with E-state index in [2.05, 4.69) is 25.2 Å². The maximum Gasteiger partial charge on any atom is 0.417 e. The zero-order valence-electron chi connectivity index (χ0n) is 9.61. The molecule has 19 heavy (non-hydrogen) atoms. The van der Waals surface area contributed by atoms with E-state index < -0.39 is 6.09 Å². The summed E-state index contributed by atoms with van der Waals surface area (Å²) >= 11 is 0. The average Bonchev–Trinajstić information content (AvgIpc) is 2.89. The van der Waals surface area contributed by atoms with Gasteiger partial charge in [0.15, 0.2) is 11.0 Å². The molecule has 7 heteroatoms. The number of hydrogen-bond acceptors (Lipinski definition) is 6. The van der Waals surface area contributed by atoms with E-state index in [1.165, 1.54) is 12.4 Å². The fourth-order valence-corrected chi connectivity index (χ4v) is 1.53. The van der Waals surface area contributed by atoms with Crippen molar-refractivity contribution in [2.75, 3.05) is 5.32 Å². The molecule has 0 spiro atoms. The Hall–Kier alpha value is -2.96. The minimum absolute atomic E-state index is 0.375. The van der Waals surface area contributed by atoms with E-state index in [-0.39, 0.29) is 0 Å². The summed E-state index contributed by atoms with van der Waals surface area (Å²) < 4.78 is 9.66. The van der Waals surface area contributed by atoms with Gasteiger partial charge < -0.3 is 4.74 Å². The van der Waals surface area contributed by atoms with Crippen LogP contribution >= 0.6 is 0 Å². The molecule has 0 fully saturated rings. The fourth-order valence-electron chi connectivity index (χ4n) is 1.53. The van der Waals surface area contributed by atoms with Crippen molar-refractivity contribution in [3.05, 3.63) is 42.7 Å². The summed E-state index contributed by atoms with van der Waals surface area (Å²) in [4.78, 5) is 15.6. The molecule has 0 aliphatic carbocycles. The number of para-hydroxylation sites is 1. The van der Waals surface area contributed by atoms with Gasteiger partial charge in [-0.25, -0.2) is 9.42 Å². The molecule has 1 N–H and O–H groups in total. The molecular weight excluding hydrogens is 248 g/mol. The number of ether oxygens (including phenoxy) is 1. The Kier molecular flexibility index (Phi) is 2.77. The van der Waals surface area contributed by atoms with Crippen molar-refractivity contribution in [2.24, 2.45) is 0 Å². The Morgan fingerprint density at radius 2 is 2.00 bits per heavy atom. The lowest BCUT2D eigenvalue weighted by molar-refractivity contribution is 0.215. The van der Waals surface area contributed by atoms with Crippen molar-refractivity contribution in [1.82, 2.24) is 15.3 Å². The highest BCUT2D eigenvalue weighted by atomic mass is 16.6. The average molecular weight is 256 g/mol. The van der Waals surface area contributed by atoms with Crippen molar-refractivity contribution >= 4 is 22.8 Å². The van der Waals surface area contributed by atoms with Crippen LogP contribution in [-0.4, -0.2) is 21.4 Å². The van der Waals surface area contributed by atoms with Gasteiger partial charge in [-0.2, -0.15) is 0 Å². The van der Waals surface area contributed by atoms with E-state index in [1.807, 2.05) is 6.07 Å². The number of amides is 1. The van der Waals surface area contributed by atoms with E-state index in [4.69, 9.17) is 4.74 Å². The highest BCUT2D eigenvalue weighted by Crippen LogP contribution is 2.18. The number of carbonyl (C=O) groups is 1. The molecule has 0 unspecified atom stereocenters. The van der Waals surface area contributed by atoms with Crippen LogP contribution in [0.5, 0.6) is 5.75 Å². The van der Waals surface area contributed by atoms with Gasteiger partial charge in [0, 0.05) is 0 Å². The van der Waals surface area contributed by atoms with Crippen LogP contribution in [0.25, 0.3) is 11.0 Å². The summed E-state index contributed by atoms with van der Waals surface area (Å²) in [5.74, 6) is 0.443. The molecule has 0 saturated carbocycles. The monoisotopic (exact) mass is 256 g/mol. The maximum absolute atomic E-state index is 11.7. The molecule has 7 nitrogen and oxygen atoms in total.